The Morgan fingerprint density at radius 2 is 1.43 bits per heavy atom. The third kappa shape index (κ3) is 6.14. The second-order valence-electron chi connectivity index (χ2n) is 7.01. The Kier molecular flexibility index (Phi) is 8.99. The fraction of sp³-hybridized carbons (Fsp3) is 0. The summed E-state index contributed by atoms with van der Waals surface area (Å²) in [5.41, 5.74) is 5.45. The van der Waals surface area contributed by atoms with Crippen LogP contribution < -0.4 is 64.8 Å². The molecule has 0 fully saturated rings. The minimum Gasteiger partial charge on any atom is -0.744 e. The topological polar surface area (TPSA) is 206 Å². The van der Waals surface area contributed by atoms with E-state index in [-0.39, 0.29) is 92.0 Å². The van der Waals surface area contributed by atoms with Crippen molar-refractivity contribution in [3.05, 3.63) is 54.6 Å². The van der Waals surface area contributed by atoms with Crippen LogP contribution in [0.25, 0.3) is 21.5 Å². The van der Waals surface area contributed by atoms with Gasteiger partial charge in [0.25, 0.3) is 0 Å². The van der Waals surface area contributed by atoms with Crippen LogP contribution in [0.3, 0.4) is 0 Å². The maximum atomic E-state index is 11.8. The van der Waals surface area contributed by atoms with Crippen molar-refractivity contribution in [3.8, 4) is 11.5 Å². The van der Waals surface area contributed by atoms with E-state index in [0.717, 1.165) is 18.2 Å². The number of nitrogen functional groups attached to an aromatic ring is 1. The summed E-state index contributed by atoms with van der Waals surface area (Å²) in [4.78, 5) is -1.43. The number of hydrogen-bond donors (Lipinski definition) is 3. The summed E-state index contributed by atoms with van der Waals surface area (Å²) in [7, 11) is -9.85. The Labute approximate surface area is 243 Å². The molecule has 0 spiro atoms. The van der Waals surface area contributed by atoms with Gasteiger partial charge in [0.1, 0.15) is 31.7 Å². The molecule has 4 aromatic carbocycles. The van der Waals surface area contributed by atoms with E-state index in [4.69, 9.17) is 5.73 Å². The summed E-state index contributed by atoms with van der Waals surface area (Å²) in [6, 6.07) is 11.2. The number of phenols is 2. The molecule has 170 valence electrons. The predicted molar refractivity (Wildman–Crippen MR) is 116 cm³/mol. The number of nitrogens with zero attached hydrogens (tertiary/aromatic N) is 2. The van der Waals surface area contributed by atoms with Crippen LogP contribution in [0, 0.1) is 0 Å². The van der Waals surface area contributed by atoms with Gasteiger partial charge in [-0.2, -0.15) is 5.11 Å². The average molecular weight is 533 g/mol. The number of azo groups is 1. The smallest absolute Gasteiger partial charge is 0.744 e. The van der Waals surface area contributed by atoms with Gasteiger partial charge in [-0.1, -0.05) is 6.07 Å². The van der Waals surface area contributed by atoms with Gasteiger partial charge in [-0.3, -0.25) is 0 Å². The molecule has 11 nitrogen and oxygen atoms in total. The van der Waals surface area contributed by atoms with Crippen LogP contribution in [0.15, 0.2) is 74.6 Å². The van der Waals surface area contributed by atoms with Crippen LogP contribution in [-0.4, -0.2) is 36.2 Å². The molecular formula is C20H13N3Na2O8S2. The van der Waals surface area contributed by atoms with Crippen molar-refractivity contribution in [3.63, 3.8) is 0 Å². The van der Waals surface area contributed by atoms with E-state index in [1.807, 2.05) is 0 Å². The number of anilines is 1. The molecule has 0 saturated heterocycles. The molecule has 0 atom stereocenters. The van der Waals surface area contributed by atoms with E-state index >= 15 is 0 Å². The minimum absolute atomic E-state index is 0. The molecule has 35 heavy (non-hydrogen) atoms. The first-order chi connectivity index (χ1) is 15.3. The van der Waals surface area contributed by atoms with E-state index in [0.29, 0.717) is 0 Å². The molecule has 0 aliphatic rings. The first-order valence-corrected chi connectivity index (χ1v) is 11.8. The van der Waals surface area contributed by atoms with Crippen molar-refractivity contribution >= 4 is 58.8 Å². The Bertz CT molecular complexity index is 1710. The Morgan fingerprint density at radius 1 is 0.743 bits per heavy atom. The van der Waals surface area contributed by atoms with Gasteiger partial charge in [-0.05, 0) is 59.3 Å². The summed E-state index contributed by atoms with van der Waals surface area (Å²) in [5.74, 6) is -1.10. The van der Waals surface area contributed by atoms with Gasteiger partial charge in [0.05, 0.1) is 15.5 Å². The fourth-order valence-corrected chi connectivity index (χ4v) is 4.44. The molecule has 0 aliphatic heterocycles. The minimum atomic E-state index is -5.06. The summed E-state index contributed by atoms with van der Waals surface area (Å²) < 4.78 is 68.9. The molecule has 0 radical (unpaired) electrons. The molecular weight excluding hydrogens is 520 g/mol. The monoisotopic (exact) mass is 533 g/mol. The number of phenolic OH excluding ortho intramolecular Hbond substituents is 2. The summed E-state index contributed by atoms with van der Waals surface area (Å²) >= 11 is 0. The van der Waals surface area contributed by atoms with Crippen LogP contribution in [0.5, 0.6) is 11.5 Å². The van der Waals surface area contributed by atoms with E-state index in [1.54, 1.807) is 0 Å². The molecule has 0 amide bonds. The molecule has 4 rings (SSSR count). The van der Waals surface area contributed by atoms with Crippen molar-refractivity contribution in [1.82, 2.24) is 0 Å². The zero-order valence-corrected chi connectivity index (χ0v) is 24.0. The number of nitrogens with two attached hydrogens (primary N) is 1. The normalized spacial score (nSPS) is 11.9. The van der Waals surface area contributed by atoms with Crippen LogP contribution in [0.2, 0.25) is 0 Å². The predicted octanol–water partition coefficient (Wildman–Crippen LogP) is -2.78. The zero-order valence-electron chi connectivity index (χ0n) is 18.3. The summed E-state index contributed by atoms with van der Waals surface area (Å²) in [6.45, 7) is 0. The van der Waals surface area contributed by atoms with Gasteiger partial charge in [0.2, 0.25) is 0 Å². The average Bonchev–Trinajstić information content (AvgIpc) is 2.71. The number of rotatable bonds is 4. The molecule has 0 bridgehead atoms. The maximum Gasteiger partial charge on any atom is 1.00 e. The number of hydrogen-bond acceptors (Lipinski definition) is 11. The SMILES string of the molecule is Nc1ccc2c(O)c(N=Nc3ccc4cc(S(=O)(=O)[O-])cc(O)c4c3)c(S(=O)(=O)[O-])cc2c1.[Na+].[Na+]. The largest absolute Gasteiger partial charge is 1.00 e. The standard InChI is InChI=1S/C20H15N3O8S2.2Na/c21-12-2-4-15-11(5-12)7-18(33(29,30)31)19(20(15)25)23-22-13-3-1-10-6-14(32(26,27)28)9-17(24)16(10)8-13;;/h1-9,24-25H,21H2,(H,26,27,28)(H,29,30,31);;/q;2*+1/p-2. The molecule has 0 aromatic heterocycles. The molecule has 15 heteroatoms. The third-order valence-corrected chi connectivity index (χ3v) is 6.45. The van der Waals surface area contributed by atoms with Crippen molar-refractivity contribution < 1.29 is 95.3 Å². The van der Waals surface area contributed by atoms with Crippen LogP contribution in [0.1, 0.15) is 0 Å². The van der Waals surface area contributed by atoms with Gasteiger partial charge in [-0.15, -0.1) is 5.11 Å². The first-order valence-electron chi connectivity index (χ1n) is 9.00. The molecule has 0 saturated carbocycles. The summed E-state index contributed by atoms with van der Waals surface area (Å²) in [6.07, 6.45) is 0. The summed E-state index contributed by atoms with van der Waals surface area (Å²) in [5, 5.41) is 29.0. The van der Waals surface area contributed by atoms with E-state index in [9.17, 15) is 36.2 Å². The van der Waals surface area contributed by atoms with Crippen molar-refractivity contribution in [2.45, 2.75) is 9.79 Å². The molecule has 0 aliphatic carbocycles. The second kappa shape index (κ2) is 10.7. The van der Waals surface area contributed by atoms with Crippen molar-refractivity contribution in [1.29, 1.82) is 0 Å². The van der Waals surface area contributed by atoms with Crippen LogP contribution in [0.4, 0.5) is 17.1 Å². The maximum absolute atomic E-state index is 11.8. The third-order valence-electron chi connectivity index (χ3n) is 4.79. The van der Waals surface area contributed by atoms with Crippen LogP contribution in [-0.2, 0) is 20.2 Å². The quantitative estimate of drug-likeness (QED) is 0.107. The zero-order chi connectivity index (χ0) is 24.1. The van der Waals surface area contributed by atoms with E-state index in [2.05, 4.69) is 10.2 Å². The molecule has 0 heterocycles. The second-order valence-corrected chi connectivity index (χ2v) is 9.74. The van der Waals surface area contributed by atoms with E-state index in [1.165, 1.54) is 36.4 Å². The van der Waals surface area contributed by atoms with Gasteiger partial charge in [0.15, 0.2) is 5.75 Å². The van der Waals surface area contributed by atoms with Gasteiger partial charge < -0.3 is 25.1 Å². The Balaban J connectivity index is 0.00000216. The molecule has 0 unspecified atom stereocenters. The van der Waals surface area contributed by atoms with Gasteiger partial charge >= 0.3 is 59.1 Å². The molecule has 4 aromatic rings. The van der Waals surface area contributed by atoms with E-state index < -0.39 is 47.2 Å². The van der Waals surface area contributed by atoms with Gasteiger partial charge in [0, 0.05) is 16.5 Å². The van der Waals surface area contributed by atoms with Crippen LogP contribution >= 0.6 is 0 Å². The Morgan fingerprint density at radius 3 is 2.06 bits per heavy atom. The fourth-order valence-electron chi connectivity index (χ4n) is 3.27. The van der Waals surface area contributed by atoms with Crippen molar-refractivity contribution in [2.75, 3.05) is 5.73 Å². The molecule has 4 N–H and O–H groups in total. The number of fused-ring (bicyclic) bond motifs is 2. The number of aromatic hydroxyl groups is 2. The van der Waals surface area contributed by atoms with Gasteiger partial charge in [-0.25, -0.2) is 16.8 Å². The first kappa shape index (κ1) is 29.5. The Hall–Kier alpha value is -1.78. The number of benzene rings is 4. The van der Waals surface area contributed by atoms with Crippen molar-refractivity contribution in [2.24, 2.45) is 10.2 Å².